The molecule has 2 fully saturated rings. The maximum Gasteiger partial charge on any atom is 0.490 e. The van der Waals surface area contributed by atoms with Crippen LogP contribution in [-0.4, -0.2) is 117 Å². The van der Waals surface area contributed by atoms with Crippen LogP contribution in [0.4, 0.5) is 23.4 Å². The molecule has 0 saturated carbocycles. The maximum absolute atomic E-state index is 13.2. The van der Waals surface area contributed by atoms with E-state index in [0.717, 1.165) is 39.8 Å². The van der Waals surface area contributed by atoms with Crippen molar-refractivity contribution < 1.29 is 69.4 Å². The van der Waals surface area contributed by atoms with Crippen LogP contribution in [0.1, 0.15) is 19.5 Å². The van der Waals surface area contributed by atoms with Gasteiger partial charge in [0.1, 0.15) is 24.1 Å². The molecular weight excluding hydrogens is 758 g/mol. The van der Waals surface area contributed by atoms with Crippen molar-refractivity contribution in [2.45, 2.75) is 43.8 Å². The Morgan fingerprint density at radius 3 is 2.41 bits per heavy atom. The number of carboxylic acid groups (broad SMARTS) is 2. The molecule has 2 aliphatic heterocycles. The zero-order chi connectivity index (χ0) is 37.9. The average Bonchev–Trinajstić information content (AvgIpc) is 3.62. The Morgan fingerprint density at radius 2 is 1.90 bits per heavy atom. The highest BCUT2D eigenvalue weighted by Gasteiger charge is 2.58. The summed E-state index contributed by atoms with van der Waals surface area (Å²) >= 11 is 2.39. The SMILES string of the molecule is CC1(C)[C@H](NC(=O)/C(=N\O[C@@H](COc2ccc3nc(NC4CNC4)sc3c2)C(=O)O)c2csc(N)n2)C(=O)N1OS(=O)(=O)O.O=C(O)C(F)(F)F. The van der Waals surface area contributed by atoms with Crippen molar-refractivity contribution >= 4 is 83.0 Å². The predicted octanol–water partition coefficient (Wildman–Crippen LogP) is 0.445. The van der Waals surface area contributed by atoms with Crippen LogP contribution in [0, 0.1) is 0 Å². The minimum absolute atomic E-state index is 0.0626. The summed E-state index contributed by atoms with van der Waals surface area (Å²) in [7, 11) is -5.01. The molecule has 2 saturated heterocycles. The number of carbonyl (C=O) groups is 4. The van der Waals surface area contributed by atoms with E-state index in [1.165, 1.54) is 30.6 Å². The van der Waals surface area contributed by atoms with Crippen LogP contribution in [-0.2, 0) is 38.7 Å². The number of carboxylic acids is 2. The van der Waals surface area contributed by atoms with E-state index >= 15 is 0 Å². The molecule has 5 rings (SSSR count). The molecule has 26 heteroatoms. The number of benzene rings is 1. The van der Waals surface area contributed by atoms with Gasteiger partial charge in [0, 0.05) is 18.5 Å². The second-order valence-electron chi connectivity index (χ2n) is 10.9. The number of β-lactam (4-membered cyclic amide) rings is 1. The van der Waals surface area contributed by atoms with Crippen LogP contribution in [0.2, 0.25) is 0 Å². The molecule has 51 heavy (non-hydrogen) atoms. The van der Waals surface area contributed by atoms with Gasteiger partial charge in [-0.25, -0.2) is 19.6 Å². The molecule has 3 aromatic rings. The monoisotopic (exact) mass is 784 g/mol. The topological polar surface area (TPSA) is 294 Å². The van der Waals surface area contributed by atoms with Crippen LogP contribution in [0.25, 0.3) is 10.2 Å². The number of nitrogen functional groups attached to an aromatic ring is 1. The highest BCUT2D eigenvalue weighted by molar-refractivity contribution is 7.80. The molecule has 2 aromatic heterocycles. The van der Waals surface area contributed by atoms with Gasteiger partial charge in [0.05, 0.1) is 21.8 Å². The maximum atomic E-state index is 13.2. The number of alkyl halides is 3. The van der Waals surface area contributed by atoms with Gasteiger partial charge in [-0.2, -0.15) is 26.7 Å². The molecule has 4 heterocycles. The zero-order valence-corrected chi connectivity index (χ0v) is 28.4. The number of hydrogen-bond donors (Lipinski definition) is 7. The second kappa shape index (κ2) is 15.2. The Morgan fingerprint density at radius 1 is 1.24 bits per heavy atom. The van der Waals surface area contributed by atoms with E-state index in [1.54, 1.807) is 18.2 Å². The third kappa shape index (κ3) is 9.88. The third-order valence-corrected chi connectivity index (χ3v) is 8.72. The van der Waals surface area contributed by atoms with Gasteiger partial charge in [-0.05, 0) is 32.0 Å². The Labute approximate surface area is 292 Å². The summed E-state index contributed by atoms with van der Waals surface area (Å²) in [6.45, 7) is 3.94. The van der Waals surface area contributed by atoms with Crippen molar-refractivity contribution in [1.82, 2.24) is 25.7 Å². The number of oxime groups is 1. The van der Waals surface area contributed by atoms with E-state index in [1.807, 2.05) is 0 Å². The quantitative estimate of drug-likeness (QED) is 0.0536. The minimum atomic E-state index is -5.08. The molecule has 0 radical (unpaired) electrons. The molecule has 20 nitrogen and oxygen atoms in total. The molecule has 0 bridgehead atoms. The Hall–Kier alpha value is -4.89. The third-order valence-electron chi connectivity index (χ3n) is 6.76. The number of fused-ring (bicyclic) bond motifs is 1. The number of thiazole rings is 2. The zero-order valence-electron chi connectivity index (χ0n) is 25.9. The smallest absolute Gasteiger partial charge is 0.489 e. The van der Waals surface area contributed by atoms with Crippen LogP contribution in [0.3, 0.4) is 0 Å². The number of halogens is 3. The number of amides is 2. The number of ether oxygens (including phenoxy) is 1. The standard InChI is InChI=1S/C23H26N8O10S3.C2HF3O2/c1-23(2)17(19(33)31(23)41-44(36,37)38)29-18(32)16(13-9-42-21(24)27-13)30-40-14(20(34)35)8-39-11-3-4-12-15(5-11)43-22(28-12)26-10-6-25-7-10;3-2(4,5)1(6)7/h3-5,9-10,14,17,25H,6-8H2,1-2H3,(H2,24,27)(H,26,28)(H,29,32)(H,34,35)(H,36,37,38);(H,6,7)/b30-16-;/t14-,17+;/m0./s1. The number of nitrogens with zero attached hydrogens (tertiary/aromatic N) is 4. The van der Waals surface area contributed by atoms with Gasteiger partial charge in [0.25, 0.3) is 17.9 Å². The molecule has 2 atom stereocenters. The molecule has 1 aromatic carbocycles. The molecule has 2 aliphatic rings. The van der Waals surface area contributed by atoms with Gasteiger partial charge in [-0.1, -0.05) is 16.5 Å². The average molecular weight is 785 g/mol. The van der Waals surface area contributed by atoms with Crippen LogP contribution >= 0.6 is 22.7 Å². The van der Waals surface area contributed by atoms with E-state index < -0.39 is 70.3 Å². The number of nitrogens with one attached hydrogen (secondary N) is 3. The summed E-state index contributed by atoms with van der Waals surface area (Å²) in [6.07, 6.45) is -6.75. The van der Waals surface area contributed by atoms with E-state index in [-0.39, 0.29) is 10.8 Å². The lowest BCUT2D eigenvalue weighted by atomic mass is 9.84. The van der Waals surface area contributed by atoms with Crippen molar-refractivity contribution in [3.8, 4) is 5.75 Å². The number of anilines is 2. The van der Waals surface area contributed by atoms with E-state index in [9.17, 15) is 41.1 Å². The van der Waals surface area contributed by atoms with E-state index in [4.69, 9.17) is 29.8 Å². The number of carbonyl (C=O) groups excluding carboxylic acids is 2. The number of hydrogen-bond acceptors (Lipinski definition) is 17. The minimum Gasteiger partial charge on any atom is -0.489 e. The molecule has 0 spiro atoms. The molecule has 8 N–H and O–H groups in total. The lowest BCUT2D eigenvalue weighted by Gasteiger charge is -2.50. The first kappa shape index (κ1) is 38.9. The lowest BCUT2D eigenvalue weighted by Crippen LogP contribution is -2.76. The highest BCUT2D eigenvalue weighted by atomic mass is 32.3. The van der Waals surface area contributed by atoms with Gasteiger partial charge in [-0.3, -0.25) is 14.1 Å². The van der Waals surface area contributed by atoms with Gasteiger partial charge < -0.3 is 41.5 Å². The number of hydroxylamine groups is 2. The van der Waals surface area contributed by atoms with E-state index in [0.29, 0.717) is 16.9 Å². The number of aliphatic carboxylic acids is 2. The normalized spacial score (nSPS) is 18.1. The first-order valence-electron chi connectivity index (χ1n) is 14.0. The summed E-state index contributed by atoms with van der Waals surface area (Å²) in [4.78, 5) is 60.2. The Bertz CT molecular complexity index is 1950. The Balaban J connectivity index is 0.000000755. The second-order valence-corrected chi connectivity index (χ2v) is 13.8. The highest BCUT2D eigenvalue weighted by Crippen LogP contribution is 2.33. The fraction of sp³-hybridized carbons (Fsp3) is 0.400. The summed E-state index contributed by atoms with van der Waals surface area (Å²) < 4.78 is 73.6. The van der Waals surface area contributed by atoms with Crippen molar-refractivity contribution in [1.29, 1.82) is 0 Å². The first-order valence-corrected chi connectivity index (χ1v) is 17.0. The van der Waals surface area contributed by atoms with Crippen LogP contribution in [0.15, 0.2) is 28.7 Å². The summed E-state index contributed by atoms with van der Waals surface area (Å²) in [6, 6.07) is 4.06. The number of rotatable bonds is 13. The number of nitrogens with two attached hydrogens (primary N) is 1. The summed E-state index contributed by atoms with van der Waals surface area (Å²) in [5.41, 5.74) is 4.41. The van der Waals surface area contributed by atoms with Gasteiger partial charge in [0.2, 0.25) is 0 Å². The fourth-order valence-corrected chi connectivity index (χ4v) is 6.05. The summed E-state index contributed by atoms with van der Waals surface area (Å²) in [5, 5.41) is 32.0. The lowest BCUT2D eigenvalue weighted by molar-refractivity contribution is -0.218. The molecule has 0 unspecified atom stereocenters. The van der Waals surface area contributed by atoms with E-state index in [2.05, 4.69) is 35.4 Å². The van der Waals surface area contributed by atoms with Crippen molar-refractivity contribution in [3.63, 3.8) is 0 Å². The van der Waals surface area contributed by atoms with Gasteiger partial charge in [0.15, 0.2) is 16.0 Å². The van der Waals surface area contributed by atoms with Crippen LogP contribution in [0.5, 0.6) is 5.75 Å². The molecule has 278 valence electrons. The Kier molecular flexibility index (Phi) is 11.6. The van der Waals surface area contributed by atoms with Gasteiger partial charge >= 0.3 is 28.5 Å². The van der Waals surface area contributed by atoms with Crippen LogP contribution < -0.4 is 26.4 Å². The fourth-order valence-electron chi connectivity index (χ4n) is 4.08. The summed E-state index contributed by atoms with van der Waals surface area (Å²) in [5.74, 6) is -5.86. The largest absolute Gasteiger partial charge is 0.490 e. The van der Waals surface area contributed by atoms with Crippen molar-refractivity contribution in [2.24, 2.45) is 5.16 Å². The molecule has 0 aliphatic carbocycles. The first-order chi connectivity index (χ1) is 23.7. The molecular formula is C25H27F3N8O12S3. The number of aromatic nitrogens is 2. The predicted molar refractivity (Wildman–Crippen MR) is 170 cm³/mol. The van der Waals surface area contributed by atoms with Crippen molar-refractivity contribution in [2.75, 3.05) is 30.7 Å². The van der Waals surface area contributed by atoms with Crippen molar-refractivity contribution in [3.05, 3.63) is 29.3 Å². The van der Waals surface area contributed by atoms with Gasteiger partial charge in [-0.15, -0.1) is 15.6 Å². The molecule has 2 amide bonds.